The molecular formula is C13H13N3O2. The van der Waals surface area contributed by atoms with Gasteiger partial charge in [0, 0.05) is 11.8 Å². The Balaban J connectivity index is 2.19. The van der Waals surface area contributed by atoms with Crippen LogP contribution in [-0.2, 0) is 0 Å². The third-order valence-corrected chi connectivity index (χ3v) is 2.48. The summed E-state index contributed by atoms with van der Waals surface area (Å²) in [5.74, 6) is 0.0740. The Morgan fingerprint density at radius 3 is 2.78 bits per heavy atom. The highest BCUT2D eigenvalue weighted by molar-refractivity contribution is 6.03. The highest BCUT2D eigenvalue weighted by atomic mass is 16.5. The number of hydrogen-bond acceptors (Lipinski definition) is 4. The van der Waals surface area contributed by atoms with Gasteiger partial charge in [-0.1, -0.05) is 18.2 Å². The first-order valence-electron chi connectivity index (χ1n) is 5.43. The second-order valence-corrected chi connectivity index (χ2v) is 3.71. The lowest BCUT2D eigenvalue weighted by atomic mass is 10.2. The van der Waals surface area contributed by atoms with Gasteiger partial charge in [-0.15, -0.1) is 0 Å². The molecule has 18 heavy (non-hydrogen) atoms. The number of nitrogens with one attached hydrogen (secondary N) is 1. The van der Waals surface area contributed by atoms with Crippen LogP contribution in [0, 0.1) is 6.92 Å². The van der Waals surface area contributed by atoms with Crippen LogP contribution in [0.4, 0.5) is 5.69 Å². The van der Waals surface area contributed by atoms with E-state index in [0.29, 0.717) is 5.88 Å². The van der Waals surface area contributed by atoms with E-state index in [1.165, 1.54) is 19.5 Å². The van der Waals surface area contributed by atoms with E-state index >= 15 is 0 Å². The Labute approximate surface area is 105 Å². The van der Waals surface area contributed by atoms with E-state index < -0.39 is 0 Å². The largest absolute Gasteiger partial charge is 0.481 e. The average molecular weight is 243 g/mol. The van der Waals surface area contributed by atoms with Gasteiger partial charge in [0.15, 0.2) is 0 Å². The Kier molecular flexibility index (Phi) is 3.52. The number of anilines is 1. The number of carbonyl (C=O) groups is 1. The first-order chi connectivity index (χ1) is 8.70. The SMILES string of the molecule is COc1cc(C(=O)Nc2ccccc2C)ncn1. The van der Waals surface area contributed by atoms with Crippen molar-refractivity contribution in [2.75, 3.05) is 12.4 Å². The van der Waals surface area contributed by atoms with E-state index in [-0.39, 0.29) is 11.6 Å². The average Bonchev–Trinajstić information content (AvgIpc) is 2.41. The molecule has 2 rings (SSSR count). The number of amides is 1. The van der Waals surface area contributed by atoms with Crippen LogP contribution < -0.4 is 10.1 Å². The molecule has 0 atom stereocenters. The molecule has 0 aliphatic rings. The molecule has 0 aliphatic carbocycles. The van der Waals surface area contributed by atoms with Crippen molar-refractivity contribution in [2.24, 2.45) is 0 Å². The maximum atomic E-state index is 12.0. The molecule has 2 aromatic rings. The number of ether oxygens (including phenoxy) is 1. The van der Waals surface area contributed by atoms with Gasteiger partial charge < -0.3 is 10.1 Å². The van der Waals surface area contributed by atoms with Crippen LogP contribution >= 0.6 is 0 Å². The number of carbonyl (C=O) groups excluding carboxylic acids is 1. The van der Waals surface area contributed by atoms with Crippen LogP contribution in [0.2, 0.25) is 0 Å². The highest BCUT2D eigenvalue weighted by Gasteiger charge is 2.10. The number of aryl methyl sites for hydroxylation is 1. The predicted molar refractivity (Wildman–Crippen MR) is 67.7 cm³/mol. The van der Waals surface area contributed by atoms with Gasteiger partial charge in [-0.05, 0) is 18.6 Å². The van der Waals surface area contributed by atoms with Gasteiger partial charge in [0.2, 0.25) is 5.88 Å². The summed E-state index contributed by atoms with van der Waals surface area (Å²) in [7, 11) is 1.49. The highest BCUT2D eigenvalue weighted by Crippen LogP contribution is 2.14. The van der Waals surface area contributed by atoms with Crippen LogP contribution in [0.25, 0.3) is 0 Å². The van der Waals surface area contributed by atoms with Crippen molar-refractivity contribution < 1.29 is 9.53 Å². The number of hydrogen-bond donors (Lipinski definition) is 1. The van der Waals surface area contributed by atoms with Crippen LogP contribution in [-0.4, -0.2) is 23.0 Å². The zero-order valence-electron chi connectivity index (χ0n) is 10.2. The summed E-state index contributed by atoms with van der Waals surface area (Å²) < 4.78 is 4.95. The van der Waals surface area contributed by atoms with Crippen molar-refractivity contribution >= 4 is 11.6 Å². The van der Waals surface area contributed by atoms with E-state index in [9.17, 15) is 4.79 Å². The van der Waals surface area contributed by atoms with Crippen LogP contribution in [0.15, 0.2) is 36.7 Å². The van der Waals surface area contributed by atoms with Gasteiger partial charge in [-0.25, -0.2) is 9.97 Å². The number of aromatic nitrogens is 2. The van der Waals surface area contributed by atoms with E-state index in [0.717, 1.165) is 11.3 Å². The fraction of sp³-hybridized carbons (Fsp3) is 0.154. The van der Waals surface area contributed by atoms with Crippen molar-refractivity contribution in [3.63, 3.8) is 0 Å². The molecule has 0 bridgehead atoms. The quantitative estimate of drug-likeness (QED) is 0.896. The number of para-hydroxylation sites is 1. The van der Waals surface area contributed by atoms with Crippen molar-refractivity contribution in [1.29, 1.82) is 0 Å². The third kappa shape index (κ3) is 2.63. The standard InChI is InChI=1S/C13H13N3O2/c1-9-5-3-4-6-10(9)16-13(17)11-7-12(18-2)15-8-14-11/h3-8H,1-2H3,(H,16,17). The fourth-order valence-corrected chi connectivity index (χ4v) is 1.47. The van der Waals surface area contributed by atoms with Gasteiger partial charge >= 0.3 is 0 Å². The molecular weight excluding hydrogens is 230 g/mol. The molecule has 0 fully saturated rings. The van der Waals surface area contributed by atoms with Gasteiger partial charge in [0.25, 0.3) is 5.91 Å². The summed E-state index contributed by atoms with van der Waals surface area (Å²) in [6.45, 7) is 1.93. The summed E-state index contributed by atoms with van der Waals surface area (Å²) in [6.07, 6.45) is 1.30. The van der Waals surface area contributed by atoms with Crippen LogP contribution in [0.5, 0.6) is 5.88 Å². The van der Waals surface area contributed by atoms with Gasteiger partial charge in [-0.2, -0.15) is 0 Å². The maximum absolute atomic E-state index is 12.0. The number of nitrogens with zero attached hydrogens (tertiary/aromatic N) is 2. The van der Waals surface area contributed by atoms with Crippen molar-refractivity contribution in [1.82, 2.24) is 9.97 Å². The molecule has 1 aromatic carbocycles. The molecule has 0 saturated heterocycles. The monoisotopic (exact) mass is 243 g/mol. The summed E-state index contributed by atoms with van der Waals surface area (Å²) in [4.78, 5) is 19.7. The third-order valence-electron chi connectivity index (χ3n) is 2.48. The molecule has 0 saturated carbocycles. The topological polar surface area (TPSA) is 64.1 Å². The predicted octanol–water partition coefficient (Wildman–Crippen LogP) is 2.05. The molecule has 1 amide bonds. The van der Waals surface area contributed by atoms with Crippen molar-refractivity contribution in [2.45, 2.75) is 6.92 Å². The summed E-state index contributed by atoms with van der Waals surface area (Å²) >= 11 is 0. The van der Waals surface area contributed by atoms with Crippen molar-refractivity contribution in [3.05, 3.63) is 47.9 Å². The second-order valence-electron chi connectivity index (χ2n) is 3.71. The lowest BCUT2D eigenvalue weighted by Crippen LogP contribution is -2.14. The zero-order chi connectivity index (χ0) is 13.0. The van der Waals surface area contributed by atoms with Crippen LogP contribution in [0.3, 0.4) is 0 Å². The number of benzene rings is 1. The van der Waals surface area contributed by atoms with E-state index in [4.69, 9.17) is 4.74 Å². The molecule has 1 aromatic heterocycles. The number of methoxy groups -OCH3 is 1. The van der Waals surface area contributed by atoms with E-state index in [1.54, 1.807) is 0 Å². The molecule has 5 heteroatoms. The Hall–Kier alpha value is -2.43. The molecule has 92 valence electrons. The summed E-state index contributed by atoms with van der Waals surface area (Å²) in [5.41, 5.74) is 2.03. The van der Waals surface area contributed by atoms with Crippen molar-refractivity contribution in [3.8, 4) is 5.88 Å². The van der Waals surface area contributed by atoms with Crippen LogP contribution in [0.1, 0.15) is 16.1 Å². The first-order valence-corrected chi connectivity index (χ1v) is 5.43. The summed E-state index contributed by atoms with van der Waals surface area (Å²) in [6, 6.07) is 9.04. The van der Waals surface area contributed by atoms with E-state index in [1.807, 2.05) is 31.2 Å². The lowest BCUT2D eigenvalue weighted by molar-refractivity contribution is 0.102. The molecule has 0 unspecified atom stereocenters. The smallest absolute Gasteiger partial charge is 0.274 e. The van der Waals surface area contributed by atoms with Gasteiger partial charge in [-0.3, -0.25) is 4.79 Å². The van der Waals surface area contributed by atoms with E-state index in [2.05, 4.69) is 15.3 Å². The Bertz CT molecular complexity index is 570. The molecule has 0 radical (unpaired) electrons. The number of rotatable bonds is 3. The molecule has 5 nitrogen and oxygen atoms in total. The minimum Gasteiger partial charge on any atom is -0.481 e. The Morgan fingerprint density at radius 2 is 2.06 bits per heavy atom. The second kappa shape index (κ2) is 5.27. The summed E-state index contributed by atoms with van der Waals surface area (Å²) in [5, 5.41) is 2.79. The maximum Gasteiger partial charge on any atom is 0.274 e. The molecule has 0 spiro atoms. The molecule has 1 N–H and O–H groups in total. The molecule has 1 heterocycles. The first kappa shape index (κ1) is 12.0. The van der Waals surface area contributed by atoms with Gasteiger partial charge in [0.1, 0.15) is 12.0 Å². The minimum atomic E-state index is -0.287. The van der Waals surface area contributed by atoms with Gasteiger partial charge in [0.05, 0.1) is 7.11 Å². The lowest BCUT2D eigenvalue weighted by Gasteiger charge is -2.07. The zero-order valence-corrected chi connectivity index (χ0v) is 10.2. The fourth-order valence-electron chi connectivity index (χ4n) is 1.47. The normalized spacial score (nSPS) is 9.89. The Morgan fingerprint density at radius 1 is 1.28 bits per heavy atom. The minimum absolute atomic E-state index is 0.269. The molecule has 0 aliphatic heterocycles.